The molecule has 0 aliphatic heterocycles. The van der Waals surface area contributed by atoms with E-state index in [1.54, 1.807) is 6.08 Å². The minimum absolute atomic E-state index is 0.808. The minimum atomic E-state index is 0.808. The predicted octanol–water partition coefficient (Wildman–Crippen LogP) is 3.24. The van der Waals surface area contributed by atoms with E-state index in [1.165, 1.54) is 5.56 Å². The Hall–Kier alpha value is -1.63. The van der Waals surface area contributed by atoms with Gasteiger partial charge in [0.2, 0.25) is 0 Å². The smallest absolute Gasteiger partial charge is 0.143 e. The molecule has 72 valence electrons. The third kappa shape index (κ3) is 2.19. The maximum atomic E-state index is 10.3. The second-order valence-corrected chi connectivity index (χ2v) is 3.26. The summed E-state index contributed by atoms with van der Waals surface area (Å²) in [7, 11) is 0. The van der Waals surface area contributed by atoms with Crippen LogP contribution in [-0.4, -0.2) is 6.29 Å². The summed E-state index contributed by atoms with van der Waals surface area (Å²) in [6.07, 6.45) is 4.20. The summed E-state index contributed by atoms with van der Waals surface area (Å²) in [6.45, 7) is 7.71. The van der Waals surface area contributed by atoms with Crippen molar-refractivity contribution in [3.63, 3.8) is 0 Å². The zero-order chi connectivity index (χ0) is 10.6. The van der Waals surface area contributed by atoms with E-state index in [4.69, 9.17) is 0 Å². The molecular formula is C13H14O. The second kappa shape index (κ2) is 4.56. The van der Waals surface area contributed by atoms with Gasteiger partial charge in [0, 0.05) is 0 Å². The second-order valence-electron chi connectivity index (χ2n) is 3.26. The van der Waals surface area contributed by atoms with Gasteiger partial charge in [-0.3, -0.25) is 4.79 Å². The third-order valence-corrected chi connectivity index (χ3v) is 2.27. The van der Waals surface area contributed by atoms with Crippen LogP contribution >= 0.6 is 0 Å². The summed E-state index contributed by atoms with van der Waals surface area (Å²) in [5.41, 5.74) is 4.35. The Morgan fingerprint density at radius 3 is 2.71 bits per heavy atom. The normalized spacial score (nSPS) is 11.1. The maximum absolute atomic E-state index is 10.3. The van der Waals surface area contributed by atoms with E-state index in [-0.39, 0.29) is 0 Å². The van der Waals surface area contributed by atoms with Gasteiger partial charge in [0.25, 0.3) is 0 Å². The molecule has 0 heterocycles. The fourth-order valence-corrected chi connectivity index (χ4v) is 1.30. The molecule has 0 aliphatic carbocycles. The summed E-state index contributed by atoms with van der Waals surface area (Å²) in [6, 6.07) is 6.09. The zero-order valence-corrected chi connectivity index (χ0v) is 8.58. The largest absolute Gasteiger partial charge is 0.299 e. The van der Waals surface area contributed by atoms with Crippen molar-refractivity contribution >= 4 is 17.9 Å². The molecule has 0 N–H and O–H groups in total. The average molecular weight is 186 g/mol. The predicted molar refractivity (Wildman–Crippen MR) is 61.0 cm³/mol. The summed E-state index contributed by atoms with van der Waals surface area (Å²) < 4.78 is 0. The van der Waals surface area contributed by atoms with Gasteiger partial charge < -0.3 is 0 Å². The molecule has 0 bridgehead atoms. The number of carbonyl (C=O) groups is 1. The summed E-state index contributed by atoms with van der Waals surface area (Å²) in [4.78, 5) is 10.3. The quantitative estimate of drug-likeness (QED) is 0.523. The summed E-state index contributed by atoms with van der Waals surface area (Å²) in [5.74, 6) is 0. The lowest BCUT2D eigenvalue weighted by atomic mass is 10.0. The molecule has 0 saturated carbocycles. The molecule has 1 heteroatoms. The number of carbonyl (C=O) groups excluding carboxylic acids is 1. The number of rotatable bonds is 3. The van der Waals surface area contributed by atoms with E-state index >= 15 is 0 Å². The first kappa shape index (κ1) is 10.5. The first-order chi connectivity index (χ1) is 6.69. The molecule has 1 rings (SSSR count). The highest BCUT2D eigenvalue weighted by Crippen LogP contribution is 2.18. The fourth-order valence-electron chi connectivity index (χ4n) is 1.30. The van der Waals surface area contributed by atoms with Crippen LogP contribution in [0, 0.1) is 6.92 Å². The number of hydrogen-bond acceptors (Lipinski definition) is 1. The first-order valence-electron chi connectivity index (χ1n) is 4.54. The van der Waals surface area contributed by atoms with Gasteiger partial charge in [0.05, 0.1) is 0 Å². The third-order valence-electron chi connectivity index (χ3n) is 2.27. The molecule has 1 aromatic rings. The minimum Gasteiger partial charge on any atom is -0.299 e. The highest BCUT2D eigenvalue weighted by Gasteiger charge is 1.98. The highest BCUT2D eigenvalue weighted by atomic mass is 16.1. The van der Waals surface area contributed by atoms with Crippen molar-refractivity contribution in [1.82, 2.24) is 0 Å². The van der Waals surface area contributed by atoms with E-state index in [0.29, 0.717) is 0 Å². The van der Waals surface area contributed by atoms with Crippen molar-refractivity contribution < 1.29 is 4.79 Å². The van der Waals surface area contributed by atoms with Gasteiger partial charge in [-0.15, -0.1) is 0 Å². The monoisotopic (exact) mass is 186 g/mol. The molecule has 0 spiro atoms. The molecule has 0 atom stereocenters. The molecule has 14 heavy (non-hydrogen) atoms. The molecule has 0 saturated heterocycles. The van der Waals surface area contributed by atoms with Crippen molar-refractivity contribution in [1.29, 1.82) is 0 Å². The average Bonchev–Trinajstić information content (AvgIpc) is 2.19. The molecule has 0 fully saturated rings. The number of aldehydes is 1. The number of benzene rings is 1. The van der Waals surface area contributed by atoms with Gasteiger partial charge in [0.1, 0.15) is 6.29 Å². The van der Waals surface area contributed by atoms with Gasteiger partial charge in [-0.05, 0) is 48.3 Å². The van der Waals surface area contributed by atoms with E-state index < -0.39 is 0 Å². The first-order valence-corrected chi connectivity index (χ1v) is 4.54. The van der Waals surface area contributed by atoms with Gasteiger partial charge in [-0.1, -0.05) is 24.8 Å². The van der Waals surface area contributed by atoms with Gasteiger partial charge in [-0.25, -0.2) is 0 Å². The summed E-state index contributed by atoms with van der Waals surface area (Å²) in [5, 5.41) is 0. The van der Waals surface area contributed by atoms with Crippen molar-refractivity contribution in [2.24, 2.45) is 0 Å². The summed E-state index contributed by atoms with van der Waals surface area (Å²) >= 11 is 0. The van der Waals surface area contributed by atoms with E-state index in [9.17, 15) is 4.79 Å². The van der Waals surface area contributed by atoms with E-state index in [0.717, 1.165) is 23.0 Å². The fraction of sp³-hybridized carbons (Fsp3) is 0.154. The molecule has 0 aliphatic rings. The Kier molecular flexibility index (Phi) is 3.41. The van der Waals surface area contributed by atoms with Crippen LogP contribution in [0.25, 0.3) is 11.6 Å². The molecule has 0 radical (unpaired) electrons. The van der Waals surface area contributed by atoms with Crippen LogP contribution in [-0.2, 0) is 4.79 Å². The van der Waals surface area contributed by atoms with Crippen molar-refractivity contribution in [3.05, 3.63) is 47.5 Å². The van der Waals surface area contributed by atoms with Crippen LogP contribution in [0.5, 0.6) is 0 Å². The maximum Gasteiger partial charge on any atom is 0.143 e. The van der Waals surface area contributed by atoms with Gasteiger partial charge >= 0.3 is 0 Å². The Morgan fingerprint density at radius 1 is 1.43 bits per heavy atom. The van der Waals surface area contributed by atoms with E-state index in [2.05, 4.69) is 6.58 Å². The van der Waals surface area contributed by atoms with Crippen LogP contribution in [0.4, 0.5) is 0 Å². The molecule has 1 nitrogen and oxygen atoms in total. The van der Waals surface area contributed by atoms with E-state index in [1.807, 2.05) is 38.1 Å². The molecular weight excluding hydrogens is 172 g/mol. The lowest BCUT2D eigenvalue weighted by Crippen LogP contribution is -1.85. The molecule has 0 amide bonds. The van der Waals surface area contributed by atoms with Crippen LogP contribution in [0.3, 0.4) is 0 Å². The SMILES string of the molecule is C=Cc1cc(/C(C)=C/C=O)ccc1C. The van der Waals surface area contributed by atoms with Crippen molar-refractivity contribution in [3.8, 4) is 0 Å². The van der Waals surface area contributed by atoms with Gasteiger partial charge in [0.15, 0.2) is 0 Å². The Bertz CT molecular complexity index is 386. The van der Waals surface area contributed by atoms with Crippen LogP contribution in [0.1, 0.15) is 23.6 Å². The van der Waals surface area contributed by atoms with Crippen molar-refractivity contribution in [2.45, 2.75) is 13.8 Å². The lowest BCUT2D eigenvalue weighted by molar-refractivity contribution is -0.104. The topological polar surface area (TPSA) is 17.1 Å². The Morgan fingerprint density at radius 2 is 2.14 bits per heavy atom. The zero-order valence-electron chi connectivity index (χ0n) is 8.58. The number of allylic oxidation sites excluding steroid dienone is 2. The Labute approximate surface area is 84.8 Å². The molecule has 1 aromatic carbocycles. The standard InChI is InChI=1S/C13H14O/c1-4-12-9-13(6-5-10(12)2)11(3)7-8-14/h4-9H,1H2,2-3H3/b11-7+. The molecule has 0 unspecified atom stereocenters. The van der Waals surface area contributed by atoms with Crippen LogP contribution in [0.15, 0.2) is 30.9 Å². The molecule has 0 aromatic heterocycles. The van der Waals surface area contributed by atoms with Crippen molar-refractivity contribution in [2.75, 3.05) is 0 Å². The van der Waals surface area contributed by atoms with Crippen LogP contribution in [0.2, 0.25) is 0 Å². The van der Waals surface area contributed by atoms with Crippen LogP contribution < -0.4 is 0 Å². The lowest BCUT2D eigenvalue weighted by Gasteiger charge is -2.04. The van der Waals surface area contributed by atoms with Gasteiger partial charge in [-0.2, -0.15) is 0 Å². The number of hydrogen-bond donors (Lipinski definition) is 0. The Balaban J connectivity index is 3.18. The number of aryl methyl sites for hydroxylation is 1. The highest BCUT2D eigenvalue weighted by molar-refractivity contribution is 5.81.